The molecule has 0 spiro atoms. The number of halogens is 2. The quantitative estimate of drug-likeness (QED) is 0.0801. The van der Waals surface area contributed by atoms with Gasteiger partial charge in [-0.1, -0.05) is 83.2 Å². The van der Waals surface area contributed by atoms with Crippen LogP contribution >= 0.6 is 31.9 Å². The van der Waals surface area contributed by atoms with E-state index in [0.29, 0.717) is 11.1 Å². The van der Waals surface area contributed by atoms with Gasteiger partial charge in [0, 0.05) is 34.5 Å². The second-order valence-electron chi connectivity index (χ2n) is 7.67. The number of aliphatic imine (C=N–C) groups is 2. The Morgan fingerprint density at radius 1 is 0.667 bits per heavy atom. The average molecular weight is 798 g/mol. The van der Waals surface area contributed by atoms with Gasteiger partial charge >= 0.3 is 33.0 Å². The second-order valence-corrected chi connectivity index (χ2v) is 9.50. The smallest absolute Gasteiger partial charge is 0.872 e. The molecule has 2 rings (SSSR count). The van der Waals surface area contributed by atoms with E-state index in [1.165, 1.54) is 9.82 Å². The van der Waals surface area contributed by atoms with E-state index in [1.807, 2.05) is 0 Å². The van der Waals surface area contributed by atoms with Crippen LogP contribution < -0.4 is 10.2 Å². The summed E-state index contributed by atoms with van der Waals surface area (Å²) in [6.07, 6.45) is 3.33. The summed E-state index contributed by atoms with van der Waals surface area (Å²) in [7, 11) is 0. The Morgan fingerprint density at radius 2 is 0.952 bits per heavy atom. The van der Waals surface area contributed by atoms with Crippen molar-refractivity contribution >= 4 is 44.3 Å². The fourth-order valence-electron chi connectivity index (χ4n) is 3.04. The molecule has 234 valence electrons. The van der Waals surface area contributed by atoms with E-state index in [-0.39, 0.29) is 44.5 Å². The Labute approximate surface area is 285 Å². The third-order valence-electron chi connectivity index (χ3n) is 5.28. The number of likely N-dealkylation sites (N-methyl/N-ethyl adjacent to an activating group) is 2. The number of hydrogen-bond acceptors (Lipinski definition) is 6. The first kappa shape index (κ1) is 46.8. The van der Waals surface area contributed by atoms with Crippen molar-refractivity contribution in [2.45, 2.75) is 27.7 Å². The topological polar surface area (TPSA) is 195 Å². The van der Waals surface area contributed by atoms with E-state index in [1.54, 1.807) is 48.8 Å². The molecule has 0 saturated carbocycles. The number of hydrogen-bond donors (Lipinski definition) is 0. The molecule has 2 aromatic carbocycles. The van der Waals surface area contributed by atoms with Crippen molar-refractivity contribution in [1.29, 1.82) is 0 Å². The van der Waals surface area contributed by atoms with E-state index in [9.17, 15) is 10.2 Å². The number of benzene rings is 2. The van der Waals surface area contributed by atoms with Crippen molar-refractivity contribution in [2.24, 2.45) is 9.98 Å². The summed E-state index contributed by atoms with van der Waals surface area (Å²) in [6.45, 7) is 16.0. The fraction of sp³-hybridized carbons (Fsp3) is 0.462. The van der Waals surface area contributed by atoms with Gasteiger partial charge in [0.15, 0.2) is 0 Å². The van der Waals surface area contributed by atoms with E-state index in [4.69, 9.17) is 22.1 Å². The van der Waals surface area contributed by atoms with Crippen molar-refractivity contribution in [3.05, 3.63) is 88.4 Å². The molecule has 0 saturated heterocycles. The molecule has 16 heteroatoms. The molecule has 0 N–H and O–H groups in total. The maximum Gasteiger partial charge on any atom is 3.00 e. The first-order chi connectivity index (χ1) is 19.2. The summed E-state index contributed by atoms with van der Waals surface area (Å²) >= 11 is 6.68. The van der Waals surface area contributed by atoms with Crippen LogP contribution in [0.2, 0.25) is 0 Å². The van der Waals surface area contributed by atoms with Crippen molar-refractivity contribution in [1.82, 2.24) is 9.80 Å². The Bertz CT molecular complexity index is 1010. The van der Waals surface area contributed by atoms with Gasteiger partial charge in [0.05, 0.1) is 13.1 Å². The molecule has 0 unspecified atom stereocenters. The second kappa shape index (κ2) is 31.8. The molecule has 0 bridgehead atoms. The van der Waals surface area contributed by atoms with Gasteiger partial charge in [-0.25, -0.2) is 0 Å². The molecule has 0 fully saturated rings. The summed E-state index contributed by atoms with van der Waals surface area (Å²) in [6, 6.07) is 10.2. The Balaban J connectivity index is -0.000000278. The molecule has 0 aliphatic rings. The van der Waals surface area contributed by atoms with Gasteiger partial charge in [0.1, 0.15) is 0 Å². The van der Waals surface area contributed by atoms with E-state index in [0.717, 1.165) is 61.3 Å². The molecule has 0 aliphatic carbocycles. The summed E-state index contributed by atoms with van der Waals surface area (Å²) in [5, 5.41) is 23.0. The maximum absolute atomic E-state index is 11.5. The van der Waals surface area contributed by atoms with Crippen molar-refractivity contribution < 1.29 is 43.2 Å². The van der Waals surface area contributed by atoms with E-state index < -0.39 is 0 Å². The summed E-state index contributed by atoms with van der Waals surface area (Å²) in [5.74, 6) is 0.0274. The largest absolute Gasteiger partial charge is 3.00 e. The molecule has 0 atom stereocenters. The molecule has 2 radical (unpaired) electrons. The van der Waals surface area contributed by atoms with Gasteiger partial charge in [0.2, 0.25) is 0 Å². The Hall–Kier alpha value is -2.13. The standard InChI is InChI=1S/2C13H19BrN2O.2N3.2Ni/c2*1-3-16(4-2)8-7-15-10-11-9-12(14)5-6-13(11)17;2*1-3-2;;/h2*5-6,9-10,17H,3-4,7-8H2,1-2H3;;;;/q;;2*-1;2*+3/p-2. The molecular formula is C26H36Br2N10Ni2O2+2. The van der Waals surface area contributed by atoms with Crippen LogP contribution in [0.3, 0.4) is 0 Å². The Morgan fingerprint density at radius 3 is 1.21 bits per heavy atom. The van der Waals surface area contributed by atoms with Gasteiger partial charge in [-0.05, 0) is 61.6 Å². The van der Waals surface area contributed by atoms with Gasteiger partial charge in [0.25, 0.3) is 0 Å². The monoisotopic (exact) mass is 794 g/mol. The predicted octanol–water partition coefficient (Wildman–Crippen LogP) is 6.29. The van der Waals surface area contributed by atoms with Gasteiger partial charge < -0.3 is 42.1 Å². The van der Waals surface area contributed by atoms with Crippen molar-refractivity contribution in [3.63, 3.8) is 0 Å². The van der Waals surface area contributed by atoms with Crippen molar-refractivity contribution in [3.8, 4) is 11.5 Å². The van der Waals surface area contributed by atoms with Crippen LogP contribution in [0.5, 0.6) is 11.5 Å². The third-order valence-corrected chi connectivity index (χ3v) is 6.27. The normalized spacial score (nSPS) is 9.71. The molecule has 42 heavy (non-hydrogen) atoms. The van der Waals surface area contributed by atoms with Gasteiger partial charge in [-0.15, -0.1) is 0 Å². The van der Waals surface area contributed by atoms with Crippen LogP contribution in [0.15, 0.2) is 55.3 Å². The minimum absolute atomic E-state index is 0. The molecule has 0 aliphatic heterocycles. The molecule has 12 nitrogen and oxygen atoms in total. The van der Waals surface area contributed by atoms with E-state index in [2.05, 4.69) is 79.3 Å². The molecule has 0 amide bonds. The van der Waals surface area contributed by atoms with Crippen LogP contribution in [-0.4, -0.2) is 74.6 Å². The minimum Gasteiger partial charge on any atom is -0.872 e. The predicted molar refractivity (Wildman–Crippen MR) is 168 cm³/mol. The number of rotatable bonds is 12. The molecule has 2 aromatic rings. The molecular weight excluding hydrogens is 762 g/mol. The zero-order chi connectivity index (χ0) is 30.8. The minimum atomic E-state index is 0. The summed E-state index contributed by atoms with van der Waals surface area (Å²) in [4.78, 5) is 16.2. The average Bonchev–Trinajstić information content (AvgIpc) is 2.94. The van der Waals surface area contributed by atoms with Crippen molar-refractivity contribution in [2.75, 3.05) is 52.4 Å². The third kappa shape index (κ3) is 24.5. The SMILES string of the molecule is CCN(CC)CCN=Cc1cc(Br)ccc1[O-].CCN(CC)CCN=Cc1cc(Br)ccc1[O-].[N-]=[N+]=[N-].[N-]=[N+]=[N-].[Ni+3].[Ni+3]. The maximum atomic E-state index is 11.5. The molecule has 0 aromatic heterocycles. The first-order valence-corrected chi connectivity index (χ1v) is 14.1. The van der Waals surface area contributed by atoms with Gasteiger partial charge in [-0.3, -0.25) is 19.8 Å². The van der Waals surface area contributed by atoms with E-state index >= 15 is 0 Å². The zero-order valence-corrected chi connectivity index (χ0v) is 29.1. The van der Waals surface area contributed by atoms with Crippen LogP contribution in [0, 0.1) is 0 Å². The van der Waals surface area contributed by atoms with Crippen LogP contribution in [0.1, 0.15) is 38.8 Å². The summed E-state index contributed by atoms with van der Waals surface area (Å²) < 4.78 is 1.81. The summed E-state index contributed by atoms with van der Waals surface area (Å²) in [5.41, 5.74) is 28.3. The number of nitrogens with zero attached hydrogens (tertiary/aromatic N) is 10. The van der Waals surface area contributed by atoms with Crippen LogP contribution in [0.4, 0.5) is 0 Å². The fourth-order valence-corrected chi connectivity index (χ4v) is 3.80. The van der Waals surface area contributed by atoms with Gasteiger partial charge in [-0.2, -0.15) is 0 Å². The van der Waals surface area contributed by atoms with Crippen LogP contribution in [-0.2, 0) is 33.0 Å². The first-order valence-electron chi connectivity index (χ1n) is 12.5. The molecule has 0 heterocycles. The zero-order valence-electron chi connectivity index (χ0n) is 24.0. The van der Waals surface area contributed by atoms with Crippen LogP contribution in [0.25, 0.3) is 31.9 Å². The Kier molecular flexibility index (Phi) is 35.4.